The number of nitrogens with one attached hydrogen (secondary N) is 1. The van der Waals surface area contributed by atoms with Crippen LogP contribution in [0.4, 0.5) is 15.6 Å². The number of nitrogen functional groups attached to an aromatic ring is 1. The van der Waals surface area contributed by atoms with Crippen LogP contribution in [0.5, 0.6) is 0 Å². The summed E-state index contributed by atoms with van der Waals surface area (Å²) in [6, 6.07) is 7.54. The zero-order chi connectivity index (χ0) is 19.6. The molecule has 144 valence electrons. The van der Waals surface area contributed by atoms with E-state index in [0.29, 0.717) is 30.3 Å². The molecule has 3 N–H and O–H groups in total. The Morgan fingerprint density at radius 3 is 2.78 bits per heavy atom. The van der Waals surface area contributed by atoms with Gasteiger partial charge in [0, 0.05) is 30.5 Å². The molecule has 1 atom stereocenters. The van der Waals surface area contributed by atoms with Crippen LogP contribution >= 0.6 is 11.3 Å². The van der Waals surface area contributed by atoms with E-state index >= 15 is 0 Å². The lowest BCUT2D eigenvalue weighted by atomic mass is 10.1. The molecule has 3 rings (SSSR count). The summed E-state index contributed by atoms with van der Waals surface area (Å²) in [7, 11) is 0. The van der Waals surface area contributed by atoms with Crippen molar-refractivity contribution in [2.75, 3.05) is 24.1 Å². The van der Waals surface area contributed by atoms with E-state index < -0.39 is 5.60 Å². The Bertz CT molecular complexity index is 843. The number of ether oxygens (including phenoxy) is 1. The van der Waals surface area contributed by atoms with Gasteiger partial charge in [0.2, 0.25) is 5.91 Å². The molecular weight excluding hydrogens is 364 g/mol. The minimum absolute atomic E-state index is 0.136. The minimum Gasteiger partial charge on any atom is -0.444 e. The summed E-state index contributed by atoms with van der Waals surface area (Å²) < 4.78 is 5.36. The summed E-state index contributed by atoms with van der Waals surface area (Å²) >= 11 is 1.37. The summed E-state index contributed by atoms with van der Waals surface area (Å²) in [5.74, 6) is -0.408. The lowest BCUT2D eigenvalue weighted by Crippen LogP contribution is -2.36. The van der Waals surface area contributed by atoms with Crippen LogP contribution in [-0.4, -0.2) is 40.6 Å². The van der Waals surface area contributed by atoms with Crippen LogP contribution in [-0.2, 0) is 9.53 Å². The SMILES string of the molecule is CC(C)(C)OC(=O)N1CCC(C(=O)Nc2ncc(-c3ccccc3N)s2)C1. The summed E-state index contributed by atoms with van der Waals surface area (Å²) in [6.07, 6.45) is 1.93. The molecule has 1 aromatic heterocycles. The van der Waals surface area contributed by atoms with E-state index in [1.165, 1.54) is 11.3 Å². The molecule has 0 radical (unpaired) electrons. The molecule has 1 saturated heterocycles. The quantitative estimate of drug-likeness (QED) is 0.783. The highest BCUT2D eigenvalue weighted by Crippen LogP contribution is 2.33. The van der Waals surface area contributed by atoms with E-state index in [1.807, 2.05) is 45.0 Å². The summed E-state index contributed by atoms with van der Waals surface area (Å²) in [4.78, 5) is 31.4. The Labute approximate surface area is 162 Å². The Balaban J connectivity index is 1.59. The topological polar surface area (TPSA) is 97.5 Å². The van der Waals surface area contributed by atoms with Gasteiger partial charge in [0.05, 0.1) is 10.8 Å². The van der Waals surface area contributed by atoms with Gasteiger partial charge in [-0.1, -0.05) is 29.5 Å². The van der Waals surface area contributed by atoms with Crippen molar-refractivity contribution in [2.24, 2.45) is 5.92 Å². The number of anilines is 2. The van der Waals surface area contributed by atoms with Gasteiger partial charge in [0.15, 0.2) is 5.13 Å². The fourth-order valence-electron chi connectivity index (χ4n) is 2.85. The van der Waals surface area contributed by atoms with Crippen LogP contribution in [0.15, 0.2) is 30.5 Å². The summed E-state index contributed by atoms with van der Waals surface area (Å²) in [6.45, 7) is 6.33. The van der Waals surface area contributed by atoms with E-state index in [-0.39, 0.29) is 17.9 Å². The number of nitrogens with zero attached hydrogens (tertiary/aromatic N) is 2. The predicted octanol–water partition coefficient (Wildman–Crippen LogP) is 3.59. The van der Waals surface area contributed by atoms with Gasteiger partial charge < -0.3 is 20.7 Å². The lowest BCUT2D eigenvalue weighted by Gasteiger charge is -2.24. The molecule has 27 heavy (non-hydrogen) atoms. The zero-order valence-corrected chi connectivity index (χ0v) is 16.5. The van der Waals surface area contributed by atoms with Gasteiger partial charge in [-0.25, -0.2) is 9.78 Å². The Morgan fingerprint density at radius 2 is 2.07 bits per heavy atom. The highest BCUT2D eigenvalue weighted by atomic mass is 32.1. The van der Waals surface area contributed by atoms with Crippen LogP contribution in [0, 0.1) is 5.92 Å². The third-order valence-corrected chi connectivity index (χ3v) is 5.12. The first-order valence-electron chi connectivity index (χ1n) is 8.82. The number of benzene rings is 1. The molecular formula is C19H24N4O3S. The number of likely N-dealkylation sites (tertiary alicyclic amines) is 1. The number of hydrogen-bond donors (Lipinski definition) is 2. The average molecular weight is 388 g/mol. The molecule has 2 heterocycles. The van der Waals surface area contributed by atoms with Gasteiger partial charge in [0.1, 0.15) is 5.60 Å². The predicted molar refractivity (Wildman–Crippen MR) is 107 cm³/mol. The highest BCUT2D eigenvalue weighted by molar-refractivity contribution is 7.19. The zero-order valence-electron chi connectivity index (χ0n) is 15.7. The maximum absolute atomic E-state index is 12.5. The van der Waals surface area contributed by atoms with Gasteiger partial charge in [-0.05, 0) is 33.3 Å². The van der Waals surface area contributed by atoms with Crippen molar-refractivity contribution in [1.29, 1.82) is 0 Å². The molecule has 0 bridgehead atoms. The van der Waals surface area contributed by atoms with Crippen LogP contribution in [0.25, 0.3) is 10.4 Å². The standard InChI is InChI=1S/C19H24N4O3S/c1-19(2,3)26-18(25)23-9-8-12(11-23)16(24)22-17-21-10-15(27-17)13-6-4-5-7-14(13)20/h4-7,10,12H,8-9,11,20H2,1-3H3,(H,21,22,24). The summed E-state index contributed by atoms with van der Waals surface area (Å²) in [5.41, 5.74) is 7.01. The molecule has 1 aliphatic heterocycles. The van der Waals surface area contributed by atoms with Crippen molar-refractivity contribution in [3.63, 3.8) is 0 Å². The number of rotatable bonds is 3. The normalized spacial score (nSPS) is 17.0. The molecule has 2 amide bonds. The van der Waals surface area contributed by atoms with Crippen molar-refractivity contribution < 1.29 is 14.3 Å². The Morgan fingerprint density at radius 1 is 1.33 bits per heavy atom. The van der Waals surface area contributed by atoms with E-state index in [0.717, 1.165) is 10.4 Å². The van der Waals surface area contributed by atoms with Crippen LogP contribution in [0.3, 0.4) is 0 Å². The summed E-state index contributed by atoms with van der Waals surface area (Å²) in [5, 5.41) is 3.37. The molecule has 0 saturated carbocycles. The second-order valence-corrected chi connectivity index (χ2v) is 8.55. The maximum atomic E-state index is 12.5. The highest BCUT2D eigenvalue weighted by Gasteiger charge is 2.33. The molecule has 1 aliphatic rings. The van der Waals surface area contributed by atoms with E-state index in [9.17, 15) is 9.59 Å². The monoisotopic (exact) mass is 388 g/mol. The fraction of sp³-hybridized carbons (Fsp3) is 0.421. The molecule has 1 fully saturated rings. The first kappa shape index (κ1) is 19.2. The van der Waals surface area contributed by atoms with Crippen molar-refractivity contribution in [2.45, 2.75) is 32.8 Å². The van der Waals surface area contributed by atoms with Gasteiger partial charge >= 0.3 is 6.09 Å². The van der Waals surface area contributed by atoms with Crippen LogP contribution in [0.1, 0.15) is 27.2 Å². The van der Waals surface area contributed by atoms with Crippen molar-refractivity contribution >= 4 is 34.2 Å². The van der Waals surface area contributed by atoms with Gasteiger partial charge in [0.25, 0.3) is 0 Å². The van der Waals surface area contributed by atoms with Crippen molar-refractivity contribution in [3.8, 4) is 10.4 Å². The van der Waals surface area contributed by atoms with E-state index in [2.05, 4.69) is 10.3 Å². The molecule has 7 nitrogen and oxygen atoms in total. The molecule has 1 aromatic carbocycles. The van der Waals surface area contributed by atoms with Gasteiger partial charge in [-0.15, -0.1) is 0 Å². The van der Waals surface area contributed by atoms with Crippen LogP contribution < -0.4 is 11.1 Å². The largest absolute Gasteiger partial charge is 0.444 e. The van der Waals surface area contributed by atoms with Crippen LogP contribution in [0.2, 0.25) is 0 Å². The van der Waals surface area contributed by atoms with Gasteiger partial charge in [-0.3, -0.25) is 4.79 Å². The third kappa shape index (κ3) is 4.77. The second-order valence-electron chi connectivity index (χ2n) is 7.52. The second kappa shape index (κ2) is 7.56. The number of hydrogen-bond acceptors (Lipinski definition) is 6. The average Bonchev–Trinajstić information content (AvgIpc) is 3.23. The molecule has 0 aliphatic carbocycles. The fourth-order valence-corrected chi connectivity index (χ4v) is 3.72. The number of amides is 2. The third-order valence-electron chi connectivity index (χ3n) is 4.17. The number of nitrogens with two attached hydrogens (primary N) is 1. The van der Waals surface area contributed by atoms with Gasteiger partial charge in [-0.2, -0.15) is 0 Å². The molecule has 8 heteroatoms. The smallest absolute Gasteiger partial charge is 0.410 e. The Hall–Kier alpha value is -2.61. The lowest BCUT2D eigenvalue weighted by molar-refractivity contribution is -0.119. The first-order chi connectivity index (χ1) is 12.7. The first-order valence-corrected chi connectivity index (χ1v) is 9.64. The number of para-hydroxylation sites is 1. The maximum Gasteiger partial charge on any atom is 0.410 e. The van der Waals surface area contributed by atoms with Crippen molar-refractivity contribution in [1.82, 2.24) is 9.88 Å². The number of carbonyl (C=O) groups excluding carboxylic acids is 2. The molecule has 0 spiro atoms. The van der Waals surface area contributed by atoms with E-state index in [4.69, 9.17) is 10.5 Å². The number of carbonyl (C=O) groups is 2. The number of aromatic nitrogens is 1. The number of thiazole rings is 1. The Kier molecular flexibility index (Phi) is 5.36. The van der Waals surface area contributed by atoms with E-state index in [1.54, 1.807) is 11.1 Å². The molecule has 1 unspecified atom stereocenters. The van der Waals surface area contributed by atoms with Crippen molar-refractivity contribution in [3.05, 3.63) is 30.5 Å². The molecule has 2 aromatic rings. The minimum atomic E-state index is -0.548.